The first-order chi connectivity index (χ1) is 12.5. The van der Waals surface area contributed by atoms with Crippen molar-refractivity contribution in [3.8, 4) is 5.75 Å². The molecular formula is C21H22N2O3. The number of aliphatic imine (C=N–C) groups is 1. The number of carbonyl (C=O) groups excluding carboxylic acids is 1. The molecule has 1 aliphatic rings. The van der Waals surface area contributed by atoms with Gasteiger partial charge in [-0.05, 0) is 24.6 Å². The predicted molar refractivity (Wildman–Crippen MR) is 103 cm³/mol. The highest BCUT2D eigenvalue weighted by Gasteiger charge is 2.26. The number of phenolic OH excluding ortho intramolecular Hbond substituents is 1. The quantitative estimate of drug-likeness (QED) is 0.835. The maximum atomic E-state index is 12.7. The summed E-state index contributed by atoms with van der Waals surface area (Å²) in [5.74, 6) is -0.310. The molecule has 0 atom stereocenters. The third kappa shape index (κ3) is 3.47. The maximum absolute atomic E-state index is 12.7. The van der Waals surface area contributed by atoms with Crippen LogP contribution in [0.2, 0.25) is 0 Å². The number of benzene rings is 2. The summed E-state index contributed by atoms with van der Waals surface area (Å²) in [6, 6.07) is 13.2. The summed E-state index contributed by atoms with van der Waals surface area (Å²) in [7, 11) is 3.73. The summed E-state index contributed by atoms with van der Waals surface area (Å²) in [6.07, 6.45) is 2.31. The lowest BCUT2D eigenvalue weighted by Gasteiger charge is -2.08. The van der Waals surface area contributed by atoms with Crippen molar-refractivity contribution in [2.45, 2.75) is 13.3 Å². The number of fused-ring (bicyclic) bond motifs is 1. The second-order valence-electron chi connectivity index (χ2n) is 6.30. The van der Waals surface area contributed by atoms with Crippen LogP contribution in [0.5, 0.6) is 5.75 Å². The number of esters is 1. The molecule has 0 fully saturated rings. The van der Waals surface area contributed by atoms with Gasteiger partial charge in [-0.15, -0.1) is 0 Å². The van der Waals surface area contributed by atoms with Gasteiger partial charge in [-0.3, -0.25) is 4.99 Å². The van der Waals surface area contributed by atoms with Crippen LogP contribution in [0, 0.1) is 0 Å². The Hall–Kier alpha value is -3.08. The van der Waals surface area contributed by atoms with E-state index < -0.39 is 5.97 Å². The summed E-state index contributed by atoms with van der Waals surface area (Å²) in [5, 5.41) is 11.6. The molecule has 134 valence electrons. The van der Waals surface area contributed by atoms with Crippen molar-refractivity contribution in [2.75, 3.05) is 20.7 Å². The standard InChI is InChI=1S/C21H22N2O3/c1-4-26-21(25)20-17(12-14-8-6-5-7-9-14)22-16-10-11-18(24)15(19(16)20)13-23(2)3/h5-11,13,24H,4,12H2,1-3H3/b15-13-. The predicted octanol–water partition coefficient (Wildman–Crippen LogP) is 1.73. The van der Waals surface area contributed by atoms with Gasteiger partial charge in [0, 0.05) is 37.2 Å². The average molecular weight is 350 g/mol. The average Bonchev–Trinajstić information content (AvgIpc) is 2.96. The molecule has 2 aromatic rings. The van der Waals surface area contributed by atoms with Gasteiger partial charge in [0.1, 0.15) is 5.75 Å². The van der Waals surface area contributed by atoms with Gasteiger partial charge in [-0.2, -0.15) is 0 Å². The zero-order valence-corrected chi connectivity index (χ0v) is 15.2. The smallest absolute Gasteiger partial charge is 0.340 e. The minimum atomic E-state index is -0.417. The molecule has 26 heavy (non-hydrogen) atoms. The Bertz CT molecular complexity index is 976. The van der Waals surface area contributed by atoms with Crippen LogP contribution in [-0.4, -0.2) is 42.4 Å². The van der Waals surface area contributed by atoms with E-state index >= 15 is 0 Å². The van der Waals surface area contributed by atoms with E-state index in [2.05, 4.69) is 4.99 Å². The molecule has 0 unspecified atom stereocenters. The lowest BCUT2D eigenvalue weighted by atomic mass is 10.0. The first kappa shape index (κ1) is 17.7. The monoisotopic (exact) mass is 350 g/mol. The van der Waals surface area contributed by atoms with E-state index in [1.165, 1.54) is 0 Å². The molecule has 0 spiro atoms. The molecule has 0 saturated heterocycles. The molecule has 5 heteroatoms. The Labute approximate surface area is 152 Å². The molecule has 0 saturated carbocycles. The molecule has 5 nitrogen and oxygen atoms in total. The Balaban J connectivity index is 2.23. The number of rotatable bonds is 5. The number of aromatic hydroxyl groups is 1. The van der Waals surface area contributed by atoms with Crippen LogP contribution in [0.25, 0.3) is 11.8 Å². The highest BCUT2D eigenvalue weighted by atomic mass is 16.5. The molecule has 0 radical (unpaired) electrons. The molecule has 1 aliphatic heterocycles. The van der Waals surface area contributed by atoms with Gasteiger partial charge >= 0.3 is 5.97 Å². The Morgan fingerprint density at radius 1 is 1.19 bits per heavy atom. The normalized spacial score (nSPS) is 13.4. The molecule has 0 amide bonds. The van der Waals surface area contributed by atoms with Gasteiger partial charge in [0.2, 0.25) is 0 Å². The topological polar surface area (TPSA) is 62.1 Å². The number of hydrogen-bond donors (Lipinski definition) is 1. The van der Waals surface area contributed by atoms with Gasteiger partial charge in [0.25, 0.3) is 0 Å². The number of phenols is 1. The molecule has 1 heterocycles. The van der Waals surface area contributed by atoms with Gasteiger partial charge in [-0.25, -0.2) is 4.79 Å². The fourth-order valence-corrected chi connectivity index (χ4v) is 3.03. The largest absolute Gasteiger partial charge is 0.507 e. The van der Waals surface area contributed by atoms with Gasteiger partial charge in [0.05, 0.1) is 23.6 Å². The molecule has 1 N–H and O–H groups in total. The molecule has 0 aliphatic carbocycles. The first-order valence-electron chi connectivity index (χ1n) is 8.54. The number of carbonyl (C=O) groups is 1. The van der Waals surface area contributed by atoms with Crippen molar-refractivity contribution in [1.82, 2.24) is 4.90 Å². The highest BCUT2D eigenvalue weighted by molar-refractivity contribution is 6.43. The lowest BCUT2D eigenvalue weighted by molar-refractivity contribution is -0.135. The van der Waals surface area contributed by atoms with Crippen LogP contribution in [0.15, 0.2) is 47.5 Å². The van der Waals surface area contributed by atoms with Gasteiger partial charge in [0.15, 0.2) is 0 Å². The van der Waals surface area contributed by atoms with E-state index in [1.54, 1.807) is 25.3 Å². The molecule has 0 bridgehead atoms. The van der Waals surface area contributed by atoms with Crippen molar-refractivity contribution in [3.63, 3.8) is 0 Å². The molecule has 0 aromatic heterocycles. The number of nitrogens with zero attached hydrogens (tertiary/aromatic N) is 2. The van der Waals surface area contributed by atoms with Crippen molar-refractivity contribution >= 4 is 29.1 Å². The minimum absolute atomic E-state index is 0.107. The number of ether oxygens (including phenoxy) is 1. The number of hydrogen-bond acceptors (Lipinski definition) is 5. The van der Waals surface area contributed by atoms with Crippen molar-refractivity contribution in [3.05, 3.63) is 58.5 Å². The second kappa shape index (κ2) is 7.44. The van der Waals surface area contributed by atoms with E-state index in [0.29, 0.717) is 33.8 Å². The minimum Gasteiger partial charge on any atom is -0.507 e. The SMILES string of the molecule is CCOC(=O)C1=c2c(ccc(O)/c2=C/N(C)C)N=C1Cc1ccccc1. The highest BCUT2D eigenvalue weighted by Crippen LogP contribution is 2.21. The zero-order valence-electron chi connectivity index (χ0n) is 15.2. The fraction of sp³-hybridized carbons (Fsp3) is 0.238. The van der Waals surface area contributed by atoms with E-state index in [0.717, 1.165) is 5.56 Å². The zero-order chi connectivity index (χ0) is 18.7. The van der Waals surface area contributed by atoms with Crippen LogP contribution < -0.4 is 10.4 Å². The van der Waals surface area contributed by atoms with Crippen molar-refractivity contribution in [2.24, 2.45) is 4.99 Å². The second-order valence-corrected chi connectivity index (χ2v) is 6.30. The van der Waals surface area contributed by atoms with E-state index in [9.17, 15) is 9.90 Å². The first-order valence-corrected chi connectivity index (χ1v) is 8.54. The molecular weight excluding hydrogens is 328 g/mol. The Morgan fingerprint density at radius 3 is 2.58 bits per heavy atom. The van der Waals surface area contributed by atoms with Crippen LogP contribution in [0.4, 0.5) is 5.69 Å². The van der Waals surface area contributed by atoms with E-state index in [4.69, 9.17) is 4.74 Å². The summed E-state index contributed by atoms with van der Waals surface area (Å²) in [4.78, 5) is 19.2. The molecule has 3 rings (SSSR count). The van der Waals surface area contributed by atoms with Crippen molar-refractivity contribution < 1.29 is 14.6 Å². The fourth-order valence-electron chi connectivity index (χ4n) is 3.03. The molecule has 2 aromatic carbocycles. The van der Waals surface area contributed by atoms with Crippen molar-refractivity contribution in [1.29, 1.82) is 0 Å². The van der Waals surface area contributed by atoms with E-state index in [-0.39, 0.29) is 12.4 Å². The summed E-state index contributed by atoms with van der Waals surface area (Å²) >= 11 is 0. The van der Waals surface area contributed by atoms with E-state index in [1.807, 2.05) is 49.3 Å². The Morgan fingerprint density at radius 2 is 1.92 bits per heavy atom. The maximum Gasteiger partial charge on any atom is 0.340 e. The van der Waals surface area contributed by atoms with Crippen LogP contribution in [0.1, 0.15) is 12.5 Å². The Kier molecular flexibility index (Phi) is 5.07. The van der Waals surface area contributed by atoms with Crippen LogP contribution in [-0.2, 0) is 16.0 Å². The third-order valence-electron chi connectivity index (χ3n) is 4.08. The summed E-state index contributed by atoms with van der Waals surface area (Å²) < 4.78 is 5.28. The summed E-state index contributed by atoms with van der Waals surface area (Å²) in [6.45, 7) is 2.06. The van der Waals surface area contributed by atoms with Gasteiger partial charge < -0.3 is 14.7 Å². The van der Waals surface area contributed by atoms with Crippen LogP contribution >= 0.6 is 0 Å². The van der Waals surface area contributed by atoms with Crippen LogP contribution in [0.3, 0.4) is 0 Å². The summed E-state index contributed by atoms with van der Waals surface area (Å²) in [5.41, 5.74) is 2.81. The van der Waals surface area contributed by atoms with Gasteiger partial charge in [-0.1, -0.05) is 30.3 Å². The third-order valence-corrected chi connectivity index (χ3v) is 4.08. The lowest BCUT2D eigenvalue weighted by Crippen LogP contribution is -2.32.